The van der Waals surface area contributed by atoms with Crippen molar-refractivity contribution in [3.8, 4) is 11.5 Å². The summed E-state index contributed by atoms with van der Waals surface area (Å²) in [6, 6.07) is 21.8. The number of hydrogen-bond donors (Lipinski definition) is 3. The van der Waals surface area contributed by atoms with Gasteiger partial charge in [-0.25, -0.2) is 0 Å². The molecule has 0 aliphatic rings. The van der Waals surface area contributed by atoms with E-state index in [0.29, 0.717) is 18.7 Å². The van der Waals surface area contributed by atoms with Gasteiger partial charge in [0.1, 0.15) is 17.3 Å². The van der Waals surface area contributed by atoms with Gasteiger partial charge in [-0.05, 0) is 49.6 Å². The summed E-state index contributed by atoms with van der Waals surface area (Å²) in [6.45, 7) is 2.64. The Bertz CT molecular complexity index is 1320. The number of ether oxygens (including phenoxy) is 1. The van der Waals surface area contributed by atoms with E-state index in [0.717, 1.165) is 24.8 Å². The molecule has 3 aromatic carbocycles. The summed E-state index contributed by atoms with van der Waals surface area (Å²) in [5.41, 5.74) is 7.07. The summed E-state index contributed by atoms with van der Waals surface area (Å²) in [4.78, 5) is 25.3. The lowest BCUT2D eigenvalue weighted by Crippen LogP contribution is -2.30. The van der Waals surface area contributed by atoms with Gasteiger partial charge in [0.2, 0.25) is 0 Å². The highest BCUT2D eigenvalue weighted by molar-refractivity contribution is 7.86. The Morgan fingerprint density at radius 3 is 2.26 bits per heavy atom. The van der Waals surface area contributed by atoms with Gasteiger partial charge in [-0.2, -0.15) is 8.42 Å². The largest absolute Gasteiger partial charge is 0.484 e. The maximum absolute atomic E-state index is 13.1. The van der Waals surface area contributed by atoms with Crippen molar-refractivity contribution in [2.24, 2.45) is 5.73 Å². The average molecular weight is 554 g/mol. The summed E-state index contributed by atoms with van der Waals surface area (Å²) < 4.78 is 36.4. The molecule has 0 saturated heterocycles. The monoisotopic (exact) mass is 553 g/mol. The van der Waals surface area contributed by atoms with E-state index in [1.165, 1.54) is 18.2 Å². The number of carbonyl (C=O) groups excluding carboxylic acids is 2. The number of benzene rings is 3. The molecule has 0 aromatic heterocycles. The minimum atomic E-state index is -4.04. The lowest BCUT2D eigenvalue weighted by Gasteiger charge is -2.16. The third-order valence-corrected chi connectivity index (χ3v) is 6.91. The second-order valence-electron chi connectivity index (χ2n) is 9.06. The van der Waals surface area contributed by atoms with Crippen molar-refractivity contribution in [2.75, 3.05) is 19.7 Å². The fourth-order valence-corrected chi connectivity index (χ4v) is 4.82. The van der Waals surface area contributed by atoms with Crippen LogP contribution in [0.4, 0.5) is 0 Å². The van der Waals surface area contributed by atoms with Crippen LogP contribution in [-0.4, -0.2) is 39.9 Å². The number of hydrogen-bond acceptors (Lipinski definition) is 7. The Balaban J connectivity index is 1.74. The second kappa shape index (κ2) is 14.9. The van der Waals surface area contributed by atoms with Crippen LogP contribution in [0.3, 0.4) is 0 Å². The molecule has 3 rings (SSSR count). The molecule has 4 N–H and O–H groups in total. The van der Waals surface area contributed by atoms with Crippen molar-refractivity contribution >= 4 is 21.9 Å². The Morgan fingerprint density at radius 2 is 1.56 bits per heavy atom. The number of nitrogens with one attached hydrogen (secondary N) is 2. The first kappa shape index (κ1) is 29.7. The van der Waals surface area contributed by atoms with Crippen LogP contribution in [0.15, 0.2) is 78.9 Å². The number of amides is 2. The molecule has 208 valence electrons. The highest BCUT2D eigenvalue weighted by Gasteiger charge is 2.19. The molecule has 0 aliphatic carbocycles. The summed E-state index contributed by atoms with van der Waals surface area (Å²) in [5, 5.41) is 5.65. The van der Waals surface area contributed by atoms with Crippen LogP contribution in [0.25, 0.3) is 0 Å². The predicted molar refractivity (Wildman–Crippen MR) is 150 cm³/mol. The maximum Gasteiger partial charge on any atom is 0.313 e. The maximum atomic E-state index is 13.1. The number of unbranched alkanes of at least 4 members (excludes halogenated alkanes) is 2. The van der Waals surface area contributed by atoms with Crippen LogP contribution in [-0.2, 0) is 20.7 Å². The topological polar surface area (TPSA) is 137 Å². The van der Waals surface area contributed by atoms with Gasteiger partial charge in [-0.3, -0.25) is 9.59 Å². The molecule has 0 spiro atoms. The third-order valence-electron chi connectivity index (χ3n) is 5.77. The summed E-state index contributed by atoms with van der Waals surface area (Å²) in [7, 11) is -4.04. The van der Waals surface area contributed by atoms with Crippen molar-refractivity contribution in [1.82, 2.24) is 10.6 Å². The zero-order valence-corrected chi connectivity index (χ0v) is 22.8. The number of carbonyl (C=O) groups is 2. The highest BCUT2D eigenvalue weighted by Crippen LogP contribution is 2.26. The first-order chi connectivity index (χ1) is 18.8. The van der Waals surface area contributed by atoms with E-state index in [-0.39, 0.29) is 41.4 Å². The molecule has 0 heterocycles. The lowest BCUT2D eigenvalue weighted by molar-refractivity contribution is -0.123. The molecule has 1 atom stereocenters. The van der Waals surface area contributed by atoms with E-state index in [9.17, 15) is 18.0 Å². The summed E-state index contributed by atoms with van der Waals surface area (Å²) in [5.74, 6) is -1.11. The standard InChI is InChI=1S/C29H35N3O6S/c1-22(24-13-7-3-8-14-24)32-29(34)25-17-26(37-20-28(33)31-16-10-4-9-15-30)19-27(18-25)38-39(35,36)21-23-11-5-2-6-12-23/h2-3,5-8,11-14,17-19,22H,4,9-10,15-16,20-21,30H2,1H3,(H,31,33)(H,32,34)/t22-/m1/s1. The minimum Gasteiger partial charge on any atom is -0.484 e. The normalized spacial score (nSPS) is 11.8. The van der Waals surface area contributed by atoms with Crippen molar-refractivity contribution in [3.63, 3.8) is 0 Å². The van der Waals surface area contributed by atoms with E-state index >= 15 is 0 Å². The number of rotatable bonds is 15. The molecule has 3 aromatic rings. The van der Waals surface area contributed by atoms with Gasteiger partial charge in [0.05, 0.1) is 6.04 Å². The van der Waals surface area contributed by atoms with Gasteiger partial charge in [-0.15, -0.1) is 0 Å². The van der Waals surface area contributed by atoms with Gasteiger partial charge >= 0.3 is 10.1 Å². The quantitative estimate of drug-likeness (QED) is 0.193. The summed E-state index contributed by atoms with van der Waals surface area (Å²) in [6.07, 6.45) is 2.60. The van der Waals surface area contributed by atoms with Gasteiger partial charge in [0.25, 0.3) is 11.8 Å². The Hall–Kier alpha value is -3.89. The molecular weight excluding hydrogens is 518 g/mol. The van der Waals surface area contributed by atoms with E-state index in [1.54, 1.807) is 30.3 Å². The molecule has 39 heavy (non-hydrogen) atoms. The van der Waals surface area contributed by atoms with E-state index in [4.69, 9.17) is 14.7 Å². The molecule has 0 radical (unpaired) electrons. The van der Waals surface area contributed by atoms with Crippen LogP contribution in [0, 0.1) is 0 Å². The predicted octanol–water partition coefficient (Wildman–Crippen LogP) is 3.71. The molecule has 0 aliphatic heterocycles. The first-order valence-corrected chi connectivity index (χ1v) is 14.4. The Labute approximate surface area is 229 Å². The zero-order chi connectivity index (χ0) is 28.1. The van der Waals surface area contributed by atoms with Crippen LogP contribution in [0.1, 0.15) is 53.7 Å². The smallest absolute Gasteiger partial charge is 0.313 e. The molecule has 0 saturated carbocycles. The molecule has 10 heteroatoms. The average Bonchev–Trinajstić information content (AvgIpc) is 2.92. The van der Waals surface area contributed by atoms with Crippen LogP contribution in [0.5, 0.6) is 11.5 Å². The Morgan fingerprint density at radius 1 is 0.897 bits per heavy atom. The van der Waals surface area contributed by atoms with Crippen molar-refractivity contribution < 1.29 is 26.9 Å². The molecule has 0 unspecified atom stereocenters. The SMILES string of the molecule is C[C@@H](NC(=O)c1cc(OCC(=O)NCCCCCN)cc(OS(=O)(=O)Cc2ccccc2)c1)c1ccccc1. The lowest BCUT2D eigenvalue weighted by atomic mass is 10.1. The van der Waals surface area contributed by atoms with Gasteiger partial charge in [-0.1, -0.05) is 67.1 Å². The third kappa shape index (κ3) is 10.4. The van der Waals surface area contributed by atoms with Crippen LogP contribution >= 0.6 is 0 Å². The van der Waals surface area contributed by atoms with E-state index < -0.39 is 16.0 Å². The van der Waals surface area contributed by atoms with Crippen molar-refractivity contribution in [3.05, 3.63) is 95.6 Å². The van der Waals surface area contributed by atoms with Crippen LogP contribution in [0.2, 0.25) is 0 Å². The van der Waals surface area contributed by atoms with Crippen molar-refractivity contribution in [1.29, 1.82) is 0 Å². The molecule has 9 nitrogen and oxygen atoms in total. The fraction of sp³-hybridized carbons (Fsp3) is 0.310. The number of nitrogens with two attached hydrogens (primary N) is 1. The molecule has 0 bridgehead atoms. The van der Waals surface area contributed by atoms with Gasteiger partial charge in [0, 0.05) is 18.2 Å². The van der Waals surface area contributed by atoms with E-state index in [2.05, 4.69) is 10.6 Å². The first-order valence-electron chi connectivity index (χ1n) is 12.8. The highest BCUT2D eigenvalue weighted by atomic mass is 32.2. The molecule has 2 amide bonds. The molecule has 0 fully saturated rings. The van der Waals surface area contributed by atoms with Crippen LogP contribution < -0.4 is 25.3 Å². The second-order valence-corrected chi connectivity index (χ2v) is 10.6. The minimum absolute atomic E-state index is 0.0943. The molecular formula is C29H35N3O6S. The summed E-state index contributed by atoms with van der Waals surface area (Å²) >= 11 is 0. The fourth-order valence-electron chi connectivity index (χ4n) is 3.77. The van der Waals surface area contributed by atoms with Gasteiger partial charge in [0.15, 0.2) is 6.61 Å². The Kier molecular flexibility index (Phi) is 11.3. The van der Waals surface area contributed by atoms with E-state index in [1.807, 2.05) is 37.3 Å². The van der Waals surface area contributed by atoms with Gasteiger partial charge < -0.3 is 25.3 Å². The zero-order valence-electron chi connectivity index (χ0n) is 22.0. The van der Waals surface area contributed by atoms with Crippen molar-refractivity contribution in [2.45, 2.75) is 38.0 Å².